The Morgan fingerprint density at radius 1 is 1.37 bits per heavy atom. The molecule has 18 heteroatoms. The molecule has 1 saturated heterocycles. The van der Waals surface area contributed by atoms with Crippen molar-refractivity contribution in [3.05, 3.63) is 29.4 Å². The molecule has 3 aliphatic heterocycles. The van der Waals surface area contributed by atoms with E-state index in [0.717, 1.165) is 41.8 Å². The van der Waals surface area contributed by atoms with Crippen LogP contribution < -0.4 is 25.7 Å². The SMILES string of the molecule is CN1CCCn2c1cc[n+]2CC1=C(C(=O)[O-])N2C(=O)[C@@H](NC(=O)C(=NOC(C)(C)C(=O)O)c3nsc(N)n3)[C@H]2SC1. The number of carboxylic acids is 2. The van der Waals surface area contributed by atoms with E-state index >= 15 is 0 Å². The van der Waals surface area contributed by atoms with E-state index in [0.29, 0.717) is 5.57 Å². The maximum atomic E-state index is 13.2. The average molecular weight is 606 g/mol. The lowest BCUT2D eigenvalue weighted by molar-refractivity contribution is -0.768. The van der Waals surface area contributed by atoms with Crippen LogP contribution in [0.4, 0.5) is 10.9 Å². The fourth-order valence-electron chi connectivity index (χ4n) is 4.64. The van der Waals surface area contributed by atoms with Crippen molar-refractivity contribution in [3.63, 3.8) is 0 Å². The maximum absolute atomic E-state index is 13.2. The molecule has 16 nitrogen and oxygen atoms in total. The van der Waals surface area contributed by atoms with Gasteiger partial charge in [-0.2, -0.15) is 9.36 Å². The normalized spacial score (nSPS) is 20.8. The number of rotatable bonds is 9. The Bertz CT molecular complexity index is 1500. The van der Waals surface area contributed by atoms with Crippen LogP contribution in [0.2, 0.25) is 0 Å². The summed E-state index contributed by atoms with van der Waals surface area (Å²) in [4.78, 5) is 62.3. The third kappa shape index (κ3) is 5.19. The fourth-order valence-corrected chi connectivity index (χ4v) is 6.41. The summed E-state index contributed by atoms with van der Waals surface area (Å²) < 4.78 is 7.92. The molecule has 41 heavy (non-hydrogen) atoms. The molecule has 2 aromatic rings. The minimum Gasteiger partial charge on any atom is -0.543 e. The minimum atomic E-state index is -1.79. The van der Waals surface area contributed by atoms with Crippen LogP contribution >= 0.6 is 23.3 Å². The van der Waals surface area contributed by atoms with Gasteiger partial charge in [-0.25, -0.2) is 4.79 Å². The van der Waals surface area contributed by atoms with Gasteiger partial charge >= 0.3 is 5.97 Å². The number of amides is 2. The highest BCUT2D eigenvalue weighted by Gasteiger charge is 2.53. The summed E-state index contributed by atoms with van der Waals surface area (Å²) in [5.74, 6) is -3.31. The van der Waals surface area contributed by atoms with Crippen LogP contribution in [0.5, 0.6) is 0 Å². The van der Waals surface area contributed by atoms with E-state index in [-0.39, 0.29) is 29.0 Å². The number of fused-ring (bicyclic) bond motifs is 2. The zero-order valence-electron chi connectivity index (χ0n) is 22.3. The van der Waals surface area contributed by atoms with Crippen LogP contribution in [-0.2, 0) is 37.1 Å². The van der Waals surface area contributed by atoms with Crippen molar-refractivity contribution in [1.29, 1.82) is 0 Å². The molecule has 0 bridgehead atoms. The Hall–Kier alpha value is -4.19. The number of carbonyl (C=O) groups excluding carboxylic acids is 3. The second-order valence-corrected chi connectivity index (χ2v) is 12.0. The monoisotopic (exact) mass is 605 g/mol. The Balaban J connectivity index is 1.36. The van der Waals surface area contributed by atoms with Crippen LogP contribution in [0.3, 0.4) is 0 Å². The Morgan fingerprint density at radius 2 is 2.12 bits per heavy atom. The van der Waals surface area contributed by atoms with Crippen molar-refractivity contribution in [1.82, 2.24) is 24.3 Å². The first-order chi connectivity index (χ1) is 19.4. The number of carboxylic acid groups (broad SMARTS) is 2. The number of anilines is 2. The number of aromatic nitrogens is 4. The van der Waals surface area contributed by atoms with Gasteiger partial charge in [0, 0.05) is 36.5 Å². The van der Waals surface area contributed by atoms with Crippen molar-refractivity contribution in [2.75, 3.05) is 30.0 Å². The molecule has 2 amide bonds. The number of hydrogen-bond donors (Lipinski definition) is 3. The number of hydrogen-bond acceptors (Lipinski definition) is 13. The molecule has 5 heterocycles. The highest BCUT2D eigenvalue weighted by atomic mass is 32.2. The van der Waals surface area contributed by atoms with Gasteiger partial charge in [-0.3, -0.25) is 14.5 Å². The summed E-state index contributed by atoms with van der Waals surface area (Å²) >= 11 is 2.08. The van der Waals surface area contributed by atoms with E-state index in [1.165, 1.54) is 25.6 Å². The minimum absolute atomic E-state index is 0.0248. The van der Waals surface area contributed by atoms with E-state index in [4.69, 9.17) is 10.6 Å². The lowest BCUT2D eigenvalue weighted by Gasteiger charge is -2.50. The van der Waals surface area contributed by atoms with Crippen molar-refractivity contribution >= 4 is 63.7 Å². The van der Waals surface area contributed by atoms with Crippen LogP contribution in [0.1, 0.15) is 26.1 Å². The predicted molar refractivity (Wildman–Crippen MR) is 143 cm³/mol. The van der Waals surface area contributed by atoms with Gasteiger partial charge in [0.25, 0.3) is 11.8 Å². The predicted octanol–water partition coefficient (Wildman–Crippen LogP) is -2.26. The van der Waals surface area contributed by atoms with Gasteiger partial charge in [-0.05, 0) is 20.3 Å². The number of thioether (sulfide) groups is 1. The summed E-state index contributed by atoms with van der Waals surface area (Å²) in [7, 11) is 1.99. The summed E-state index contributed by atoms with van der Waals surface area (Å²) in [6, 6.07) is 0.863. The zero-order valence-corrected chi connectivity index (χ0v) is 23.9. The molecule has 0 saturated carbocycles. The van der Waals surface area contributed by atoms with E-state index < -0.39 is 46.5 Å². The maximum Gasteiger partial charge on any atom is 0.350 e. The number of β-lactam (4-membered cyclic amide) rings is 1. The second kappa shape index (κ2) is 10.7. The average Bonchev–Trinajstić information content (AvgIpc) is 3.53. The van der Waals surface area contributed by atoms with Crippen molar-refractivity contribution < 1.29 is 38.9 Å². The molecular formula is C23H27N9O7S2. The first-order valence-corrected chi connectivity index (χ1v) is 14.3. The Kier molecular flexibility index (Phi) is 7.37. The van der Waals surface area contributed by atoms with Gasteiger partial charge < -0.3 is 35.8 Å². The molecule has 0 aromatic carbocycles. The van der Waals surface area contributed by atoms with Crippen LogP contribution in [0.15, 0.2) is 28.7 Å². The third-order valence-corrected chi connectivity index (χ3v) is 8.74. The number of nitrogens with zero attached hydrogens (tertiary/aromatic N) is 7. The van der Waals surface area contributed by atoms with Crippen molar-refractivity contribution in [3.8, 4) is 0 Å². The van der Waals surface area contributed by atoms with Gasteiger partial charge in [0.05, 0.1) is 24.3 Å². The summed E-state index contributed by atoms with van der Waals surface area (Å²) in [5.41, 5.74) is 3.65. The quantitative estimate of drug-likeness (QED) is 0.120. The number of nitrogens with two attached hydrogens (primary N) is 1. The molecule has 0 unspecified atom stereocenters. The molecule has 0 radical (unpaired) electrons. The second-order valence-electron chi connectivity index (χ2n) is 10.1. The molecule has 0 aliphatic carbocycles. The third-order valence-electron chi connectivity index (χ3n) is 6.85. The number of nitrogens with one attached hydrogen (secondary N) is 1. The largest absolute Gasteiger partial charge is 0.543 e. The lowest BCUT2D eigenvalue weighted by atomic mass is 10.0. The first kappa shape index (κ1) is 28.3. The zero-order chi connectivity index (χ0) is 29.6. The van der Waals surface area contributed by atoms with Gasteiger partial charge in [0.15, 0.2) is 23.7 Å². The molecule has 2 aromatic heterocycles. The van der Waals surface area contributed by atoms with Crippen LogP contribution in [0, 0.1) is 0 Å². The van der Waals surface area contributed by atoms with Crippen LogP contribution in [-0.4, -0.2) is 89.9 Å². The summed E-state index contributed by atoms with van der Waals surface area (Å²) in [6.07, 6.45) is 2.82. The summed E-state index contributed by atoms with van der Waals surface area (Å²) in [5, 5.41) is 27.1. The standard InChI is InChI=1S/C23H27N9O7S2/c1-23(2,21(37)38)39-27-13(16-26-22(24)41-28-16)17(33)25-14-18(34)32-15(20(35)36)11(10-40-19(14)32)9-30-8-5-12-29(3)6-4-7-31(12)30/h5,8,14,19H,4,6-7,9-10H2,1-3H3,(H4-,24,25,26,28,33,35,36,37,38)/t14-,19-/m1/s1. The van der Waals surface area contributed by atoms with Gasteiger partial charge in [0.2, 0.25) is 17.1 Å². The smallest absolute Gasteiger partial charge is 0.350 e. The van der Waals surface area contributed by atoms with E-state index in [1.54, 1.807) is 0 Å². The Labute approximate surface area is 241 Å². The van der Waals surface area contributed by atoms with Gasteiger partial charge in [0.1, 0.15) is 11.4 Å². The highest BCUT2D eigenvalue weighted by Crippen LogP contribution is 2.40. The molecule has 4 N–H and O–H groups in total. The number of carbonyl (C=O) groups is 4. The number of aliphatic carboxylic acids is 2. The topological polar surface area (TPSA) is 212 Å². The van der Waals surface area contributed by atoms with Crippen molar-refractivity contribution in [2.24, 2.45) is 5.16 Å². The number of nitrogen functional groups attached to an aromatic ring is 1. The van der Waals surface area contributed by atoms with Crippen molar-refractivity contribution in [2.45, 2.75) is 50.4 Å². The lowest BCUT2D eigenvalue weighted by Crippen LogP contribution is -2.71. The van der Waals surface area contributed by atoms with Crippen LogP contribution in [0.25, 0.3) is 0 Å². The highest BCUT2D eigenvalue weighted by molar-refractivity contribution is 8.00. The molecule has 1 fully saturated rings. The van der Waals surface area contributed by atoms with E-state index in [9.17, 15) is 29.4 Å². The molecule has 3 aliphatic rings. The molecule has 0 spiro atoms. The van der Waals surface area contributed by atoms with Gasteiger partial charge in [-0.1, -0.05) is 5.16 Å². The molecule has 218 valence electrons. The fraction of sp³-hybridized carbons (Fsp3) is 0.478. The number of oxime groups is 1. The molecule has 5 rings (SSSR count). The van der Waals surface area contributed by atoms with E-state index in [1.807, 2.05) is 24.0 Å². The Morgan fingerprint density at radius 3 is 2.78 bits per heavy atom. The summed E-state index contributed by atoms with van der Waals surface area (Å²) in [6.45, 7) is 4.42. The first-order valence-electron chi connectivity index (χ1n) is 12.5. The van der Waals surface area contributed by atoms with Gasteiger partial charge in [-0.15, -0.1) is 21.1 Å². The molecule has 2 atom stereocenters. The van der Waals surface area contributed by atoms with E-state index in [2.05, 4.69) is 29.4 Å². The molecular weight excluding hydrogens is 578 g/mol.